The van der Waals surface area contributed by atoms with Crippen LogP contribution < -0.4 is 0 Å². The molecule has 1 amide bonds. The van der Waals surface area contributed by atoms with Gasteiger partial charge in [-0.25, -0.2) is 9.59 Å². The number of ether oxygens (including phenoxy) is 2. The highest BCUT2D eigenvalue weighted by atomic mass is 16.5. The zero-order valence-electron chi connectivity index (χ0n) is 17.8. The second-order valence-corrected chi connectivity index (χ2v) is 7.95. The molecule has 0 aromatic heterocycles. The Labute approximate surface area is 176 Å². The van der Waals surface area contributed by atoms with E-state index in [0.717, 1.165) is 11.1 Å². The molecule has 158 valence electrons. The van der Waals surface area contributed by atoms with Gasteiger partial charge in [0, 0.05) is 18.5 Å². The Morgan fingerprint density at radius 1 is 1.07 bits per heavy atom. The summed E-state index contributed by atoms with van der Waals surface area (Å²) < 4.78 is 10.8. The van der Waals surface area contributed by atoms with Crippen molar-refractivity contribution in [3.8, 4) is 0 Å². The molecule has 2 aromatic rings. The highest BCUT2D eigenvalue weighted by molar-refractivity contribution is 5.96. The van der Waals surface area contributed by atoms with Crippen LogP contribution in [-0.4, -0.2) is 41.4 Å². The highest BCUT2D eigenvalue weighted by Gasteiger charge is 2.28. The number of carbonyl (C=O) groups excluding carboxylic acids is 3. The van der Waals surface area contributed by atoms with E-state index in [-0.39, 0.29) is 24.6 Å². The van der Waals surface area contributed by atoms with E-state index in [0.29, 0.717) is 17.5 Å². The molecule has 0 bridgehead atoms. The topological polar surface area (TPSA) is 72.9 Å². The lowest BCUT2D eigenvalue weighted by molar-refractivity contribution is -0.138. The Morgan fingerprint density at radius 3 is 2.37 bits per heavy atom. The number of esters is 2. The lowest BCUT2D eigenvalue weighted by atomic mass is 9.93. The Balaban J connectivity index is 1.72. The van der Waals surface area contributed by atoms with Crippen LogP contribution in [-0.2, 0) is 20.7 Å². The van der Waals surface area contributed by atoms with E-state index in [9.17, 15) is 14.4 Å². The van der Waals surface area contributed by atoms with E-state index in [1.54, 1.807) is 17.0 Å². The number of amides is 1. The molecule has 1 aliphatic rings. The van der Waals surface area contributed by atoms with Crippen molar-refractivity contribution >= 4 is 17.8 Å². The molecular weight excluding hydrogens is 382 g/mol. The van der Waals surface area contributed by atoms with Crippen LogP contribution in [0.4, 0.5) is 0 Å². The third-order valence-corrected chi connectivity index (χ3v) is 5.11. The van der Waals surface area contributed by atoms with Crippen LogP contribution >= 0.6 is 0 Å². The Kier molecular flexibility index (Phi) is 6.55. The molecule has 1 heterocycles. The summed E-state index contributed by atoms with van der Waals surface area (Å²) in [5.41, 5.74) is 2.38. The molecule has 1 aliphatic heterocycles. The number of rotatable bonds is 6. The van der Waals surface area contributed by atoms with Gasteiger partial charge in [-0.1, -0.05) is 30.3 Å². The van der Waals surface area contributed by atoms with Crippen molar-refractivity contribution in [2.45, 2.75) is 52.3 Å². The summed E-state index contributed by atoms with van der Waals surface area (Å²) in [6, 6.07) is 14.3. The molecule has 1 atom stereocenters. The summed E-state index contributed by atoms with van der Waals surface area (Å²) in [7, 11) is 0. The van der Waals surface area contributed by atoms with E-state index >= 15 is 0 Å². The summed E-state index contributed by atoms with van der Waals surface area (Å²) in [4.78, 5) is 39.0. The summed E-state index contributed by atoms with van der Waals surface area (Å²) in [5.74, 6) is -1.24. The molecule has 0 aliphatic carbocycles. The molecule has 6 heteroatoms. The number of benzene rings is 2. The molecule has 30 heavy (non-hydrogen) atoms. The van der Waals surface area contributed by atoms with Crippen LogP contribution in [0, 0.1) is 0 Å². The highest BCUT2D eigenvalue weighted by Crippen LogP contribution is 2.31. The SMILES string of the molecule is CC(C)N(C(=O)COC(=O)c1ccc2c(c1)C[C@H](c1ccccc1)OC2=O)C(C)C. The first-order valence-electron chi connectivity index (χ1n) is 10.1. The van der Waals surface area contributed by atoms with Gasteiger partial charge in [-0.2, -0.15) is 0 Å². The Hall–Kier alpha value is -3.15. The fourth-order valence-corrected chi connectivity index (χ4v) is 3.83. The van der Waals surface area contributed by atoms with Crippen LogP contribution in [0.5, 0.6) is 0 Å². The monoisotopic (exact) mass is 409 g/mol. The van der Waals surface area contributed by atoms with Crippen molar-refractivity contribution in [3.63, 3.8) is 0 Å². The van der Waals surface area contributed by atoms with E-state index in [4.69, 9.17) is 9.47 Å². The van der Waals surface area contributed by atoms with Crippen LogP contribution in [0.15, 0.2) is 48.5 Å². The normalized spacial score (nSPS) is 15.5. The van der Waals surface area contributed by atoms with Crippen LogP contribution in [0.3, 0.4) is 0 Å². The average Bonchev–Trinajstić information content (AvgIpc) is 2.71. The Morgan fingerprint density at radius 2 is 1.73 bits per heavy atom. The minimum Gasteiger partial charge on any atom is -0.454 e. The second kappa shape index (κ2) is 9.11. The number of hydrogen-bond donors (Lipinski definition) is 0. The van der Waals surface area contributed by atoms with Gasteiger partial charge < -0.3 is 14.4 Å². The maximum atomic E-state index is 12.5. The molecular formula is C24H27NO5. The Bertz CT molecular complexity index is 928. The number of carbonyl (C=O) groups is 3. The third kappa shape index (κ3) is 4.70. The molecule has 0 N–H and O–H groups in total. The maximum absolute atomic E-state index is 12.5. The van der Waals surface area contributed by atoms with Crippen molar-refractivity contribution in [3.05, 3.63) is 70.8 Å². The second-order valence-electron chi connectivity index (χ2n) is 7.95. The van der Waals surface area contributed by atoms with Gasteiger partial charge in [-0.15, -0.1) is 0 Å². The largest absolute Gasteiger partial charge is 0.454 e. The molecule has 0 spiro atoms. The smallest absolute Gasteiger partial charge is 0.339 e. The van der Waals surface area contributed by atoms with E-state index < -0.39 is 18.0 Å². The lowest BCUT2D eigenvalue weighted by Crippen LogP contribution is -2.44. The van der Waals surface area contributed by atoms with Gasteiger partial charge >= 0.3 is 11.9 Å². The summed E-state index contributed by atoms with van der Waals surface area (Å²) >= 11 is 0. The van der Waals surface area contributed by atoms with E-state index in [1.165, 1.54) is 6.07 Å². The van der Waals surface area contributed by atoms with Crippen molar-refractivity contribution in [1.29, 1.82) is 0 Å². The average molecular weight is 409 g/mol. The first-order chi connectivity index (χ1) is 14.3. The van der Waals surface area contributed by atoms with Gasteiger partial charge in [0.05, 0.1) is 11.1 Å². The zero-order valence-corrected chi connectivity index (χ0v) is 17.8. The minimum atomic E-state index is -0.589. The molecule has 0 saturated heterocycles. The molecule has 2 aromatic carbocycles. The van der Waals surface area contributed by atoms with Crippen molar-refractivity contribution in [2.24, 2.45) is 0 Å². The first-order valence-corrected chi connectivity index (χ1v) is 10.1. The van der Waals surface area contributed by atoms with E-state index in [1.807, 2.05) is 58.0 Å². The molecule has 0 saturated carbocycles. The van der Waals surface area contributed by atoms with Crippen LogP contribution in [0.2, 0.25) is 0 Å². The third-order valence-electron chi connectivity index (χ3n) is 5.11. The van der Waals surface area contributed by atoms with Gasteiger partial charge in [-0.3, -0.25) is 4.79 Å². The van der Waals surface area contributed by atoms with Crippen molar-refractivity contribution < 1.29 is 23.9 Å². The van der Waals surface area contributed by atoms with Gasteiger partial charge in [0.15, 0.2) is 6.61 Å². The quantitative estimate of drug-likeness (QED) is 0.676. The fraction of sp³-hybridized carbons (Fsp3) is 0.375. The predicted octanol–water partition coefficient (Wildman–Crippen LogP) is 3.94. The van der Waals surface area contributed by atoms with Crippen molar-refractivity contribution in [2.75, 3.05) is 6.61 Å². The number of nitrogens with zero attached hydrogens (tertiary/aromatic N) is 1. The number of fused-ring (bicyclic) bond motifs is 1. The zero-order chi connectivity index (χ0) is 21.8. The molecule has 0 radical (unpaired) electrons. The van der Waals surface area contributed by atoms with Crippen LogP contribution in [0.25, 0.3) is 0 Å². The molecule has 3 rings (SSSR count). The minimum absolute atomic E-state index is 0.0147. The predicted molar refractivity (Wildman–Crippen MR) is 112 cm³/mol. The lowest BCUT2D eigenvalue weighted by Gasteiger charge is -2.30. The van der Waals surface area contributed by atoms with Gasteiger partial charge in [0.2, 0.25) is 0 Å². The summed E-state index contributed by atoms with van der Waals surface area (Å²) in [6.45, 7) is 7.37. The standard InChI is InChI=1S/C24H27NO5/c1-15(2)25(16(3)4)22(26)14-29-23(27)18-10-11-20-19(12-18)13-21(30-24(20)28)17-8-6-5-7-9-17/h5-12,15-16,21H,13-14H2,1-4H3/t21-/m1/s1. The summed E-state index contributed by atoms with van der Waals surface area (Å²) in [6.07, 6.45) is 0.0734. The van der Waals surface area contributed by atoms with Gasteiger partial charge in [0.1, 0.15) is 6.10 Å². The number of hydrogen-bond acceptors (Lipinski definition) is 5. The molecule has 0 unspecified atom stereocenters. The fourth-order valence-electron chi connectivity index (χ4n) is 3.83. The first kappa shape index (κ1) is 21.6. The van der Waals surface area contributed by atoms with E-state index in [2.05, 4.69) is 0 Å². The molecule has 6 nitrogen and oxygen atoms in total. The van der Waals surface area contributed by atoms with Gasteiger partial charge in [-0.05, 0) is 57.0 Å². The molecule has 0 fully saturated rings. The number of cyclic esters (lactones) is 1. The van der Waals surface area contributed by atoms with Gasteiger partial charge in [0.25, 0.3) is 5.91 Å². The van der Waals surface area contributed by atoms with Crippen LogP contribution in [0.1, 0.15) is 65.6 Å². The van der Waals surface area contributed by atoms with Crippen molar-refractivity contribution in [1.82, 2.24) is 4.90 Å². The summed E-state index contributed by atoms with van der Waals surface area (Å²) in [5, 5.41) is 0. The maximum Gasteiger partial charge on any atom is 0.339 e.